The normalized spacial score (nSPS) is 10.7. The first kappa shape index (κ1) is 16.5. The lowest BCUT2D eigenvalue weighted by atomic mass is 10.1. The summed E-state index contributed by atoms with van der Waals surface area (Å²) in [5, 5.41) is 12.5. The molecule has 2 aromatic rings. The van der Waals surface area contributed by atoms with Crippen LogP contribution < -0.4 is 5.32 Å². The minimum Gasteiger partial charge on any atom is -0.390 e. The van der Waals surface area contributed by atoms with E-state index in [0.717, 1.165) is 5.56 Å². The van der Waals surface area contributed by atoms with Crippen LogP contribution in [0.25, 0.3) is 0 Å². The third-order valence-electron chi connectivity index (χ3n) is 3.26. The Morgan fingerprint density at radius 2 is 2.27 bits per heavy atom. The maximum absolute atomic E-state index is 13.4. The average Bonchev–Trinajstić information content (AvgIpc) is 2.86. The molecule has 0 bridgehead atoms. The van der Waals surface area contributed by atoms with Crippen molar-refractivity contribution in [2.45, 2.75) is 25.2 Å². The Bertz CT molecular complexity index is 673. The maximum atomic E-state index is 13.4. The first-order chi connectivity index (χ1) is 10.5. The summed E-state index contributed by atoms with van der Waals surface area (Å²) in [6.45, 7) is 1.90. The van der Waals surface area contributed by atoms with Crippen LogP contribution in [0.15, 0.2) is 29.6 Å². The molecule has 1 aromatic heterocycles. The van der Waals surface area contributed by atoms with Gasteiger partial charge in [0.15, 0.2) is 5.16 Å². The van der Waals surface area contributed by atoms with Crippen molar-refractivity contribution >= 4 is 17.7 Å². The highest BCUT2D eigenvalue weighted by Gasteiger charge is 2.09. The van der Waals surface area contributed by atoms with Crippen LogP contribution in [-0.4, -0.2) is 26.3 Å². The van der Waals surface area contributed by atoms with E-state index in [9.17, 15) is 9.18 Å². The number of imidazole rings is 1. The number of thioether (sulfide) groups is 1. The second-order valence-electron chi connectivity index (χ2n) is 4.90. The fraction of sp³-hybridized carbons (Fsp3) is 0.333. The Balaban J connectivity index is 1.82. The molecular formula is C15H18FN3O2S. The van der Waals surface area contributed by atoms with E-state index >= 15 is 0 Å². The molecule has 0 unspecified atom stereocenters. The van der Waals surface area contributed by atoms with Gasteiger partial charge in [0.1, 0.15) is 5.82 Å². The fourth-order valence-corrected chi connectivity index (χ4v) is 2.64. The summed E-state index contributed by atoms with van der Waals surface area (Å²) in [6.07, 6.45) is 1.58. The lowest BCUT2D eigenvalue weighted by Gasteiger charge is -2.07. The monoisotopic (exact) mass is 323 g/mol. The number of aliphatic hydroxyl groups excluding tert-OH is 1. The van der Waals surface area contributed by atoms with Crippen molar-refractivity contribution in [2.24, 2.45) is 7.05 Å². The van der Waals surface area contributed by atoms with Gasteiger partial charge in [-0.3, -0.25) is 4.79 Å². The smallest absolute Gasteiger partial charge is 0.230 e. The number of benzene rings is 1. The summed E-state index contributed by atoms with van der Waals surface area (Å²) in [5.41, 5.74) is 2.00. The zero-order chi connectivity index (χ0) is 16.1. The van der Waals surface area contributed by atoms with Crippen LogP contribution in [0.5, 0.6) is 0 Å². The number of hydrogen-bond acceptors (Lipinski definition) is 4. The fourth-order valence-electron chi connectivity index (χ4n) is 1.83. The predicted octanol–water partition coefficient (Wildman–Crippen LogP) is 1.77. The number of carbonyl (C=O) groups excluding carboxylic acids is 1. The van der Waals surface area contributed by atoms with E-state index in [1.807, 2.05) is 0 Å². The number of halogens is 1. The van der Waals surface area contributed by atoms with Gasteiger partial charge in [0, 0.05) is 13.6 Å². The molecule has 0 saturated carbocycles. The maximum Gasteiger partial charge on any atom is 0.230 e. The van der Waals surface area contributed by atoms with Crippen molar-refractivity contribution in [3.05, 3.63) is 47.0 Å². The van der Waals surface area contributed by atoms with Crippen molar-refractivity contribution in [3.63, 3.8) is 0 Å². The third-order valence-corrected chi connectivity index (χ3v) is 4.31. The number of carbonyl (C=O) groups is 1. The van der Waals surface area contributed by atoms with Crippen LogP contribution in [0.2, 0.25) is 0 Å². The lowest BCUT2D eigenvalue weighted by Crippen LogP contribution is -2.24. The molecular weight excluding hydrogens is 305 g/mol. The Hall–Kier alpha value is -1.86. The topological polar surface area (TPSA) is 67.2 Å². The minimum atomic E-state index is -0.273. The molecule has 1 heterocycles. The van der Waals surface area contributed by atoms with E-state index in [2.05, 4.69) is 10.3 Å². The van der Waals surface area contributed by atoms with Gasteiger partial charge in [0.25, 0.3) is 0 Å². The summed E-state index contributed by atoms with van der Waals surface area (Å²) in [6, 6.07) is 4.91. The van der Waals surface area contributed by atoms with E-state index in [1.54, 1.807) is 36.9 Å². The highest BCUT2D eigenvalue weighted by atomic mass is 32.2. The Morgan fingerprint density at radius 1 is 1.50 bits per heavy atom. The Labute approximate surface area is 132 Å². The number of aromatic nitrogens is 2. The van der Waals surface area contributed by atoms with E-state index in [-0.39, 0.29) is 24.1 Å². The Kier molecular flexibility index (Phi) is 5.57. The van der Waals surface area contributed by atoms with Crippen LogP contribution in [0.1, 0.15) is 16.8 Å². The number of amides is 1. The van der Waals surface area contributed by atoms with Gasteiger partial charge in [-0.05, 0) is 24.1 Å². The first-order valence-corrected chi connectivity index (χ1v) is 7.75. The van der Waals surface area contributed by atoms with Gasteiger partial charge in [-0.2, -0.15) is 0 Å². The van der Waals surface area contributed by atoms with E-state index in [1.165, 1.54) is 17.8 Å². The zero-order valence-corrected chi connectivity index (χ0v) is 13.3. The van der Waals surface area contributed by atoms with E-state index in [0.29, 0.717) is 23.0 Å². The molecule has 0 atom stereocenters. The van der Waals surface area contributed by atoms with Gasteiger partial charge >= 0.3 is 0 Å². The predicted molar refractivity (Wildman–Crippen MR) is 82.8 cm³/mol. The molecule has 2 rings (SSSR count). The number of nitrogens with zero attached hydrogens (tertiary/aromatic N) is 2. The summed E-state index contributed by atoms with van der Waals surface area (Å²) in [7, 11) is 1.79. The standard InChI is InChI=1S/C15H18FN3O2S/c1-10-3-4-11(5-13(10)16)6-17-14(21)9-22-15-18-7-12(8-20)19(15)2/h3-5,7,20H,6,8-9H2,1-2H3,(H,17,21). The molecule has 2 N–H and O–H groups in total. The number of aliphatic hydroxyl groups is 1. The molecule has 0 aliphatic rings. The summed E-state index contributed by atoms with van der Waals surface area (Å²) < 4.78 is 15.1. The Morgan fingerprint density at radius 3 is 2.91 bits per heavy atom. The molecule has 118 valence electrons. The van der Waals surface area contributed by atoms with Crippen molar-refractivity contribution in [3.8, 4) is 0 Å². The molecule has 0 aliphatic carbocycles. The van der Waals surface area contributed by atoms with Gasteiger partial charge < -0.3 is 15.0 Å². The van der Waals surface area contributed by atoms with Crippen LogP contribution in [0.4, 0.5) is 4.39 Å². The molecule has 1 amide bonds. The second kappa shape index (κ2) is 7.42. The molecule has 0 aliphatic heterocycles. The molecule has 22 heavy (non-hydrogen) atoms. The molecule has 5 nitrogen and oxygen atoms in total. The van der Waals surface area contributed by atoms with E-state index in [4.69, 9.17) is 5.11 Å². The molecule has 1 aromatic carbocycles. The molecule has 0 spiro atoms. The largest absolute Gasteiger partial charge is 0.390 e. The summed E-state index contributed by atoms with van der Waals surface area (Å²) in [5.74, 6) is -0.213. The summed E-state index contributed by atoms with van der Waals surface area (Å²) in [4.78, 5) is 16.0. The third kappa shape index (κ3) is 4.08. The average molecular weight is 323 g/mol. The lowest BCUT2D eigenvalue weighted by molar-refractivity contribution is -0.118. The van der Waals surface area contributed by atoms with Gasteiger partial charge in [0.2, 0.25) is 5.91 Å². The van der Waals surface area contributed by atoms with Gasteiger partial charge in [0.05, 0.1) is 24.3 Å². The second-order valence-corrected chi connectivity index (χ2v) is 5.84. The number of rotatable bonds is 6. The number of nitrogens with one attached hydrogen (secondary N) is 1. The highest BCUT2D eigenvalue weighted by Crippen LogP contribution is 2.17. The number of aryl methyl sites for hydroxylation is 1. The van der Waals surface area contributed by atoms with Crippen LogP contribution in [0, 0.1) is 12.7 Å². The van der Waals surface area contributed by atoms with Gasteiger partial charge in [-0.1, -0.05) is 23.9 Å². The minimum absolute atomic E-state index is 0.0881. The van der Waals surface area contributed by atoms with Crippen molar-refractivity contribution in [1.29, 1.82) is 0 Å². The molecule has 7 heteroatoms. The quantitative estimate of drug-likeness (QED) is 0.795. The molecule has 0 saturated heterocycles. The molecule has 0 fully saturated rings. The van der Waals surface area contributed by atoms with Crippen LogP contribution in [-0.2, 0) is 25.0 Å². The van der Waals surface area contributed by atoms with Crippen molar-refractivity contribution < 1.29 is 14.3 Å². The summed E-state index contributed by atoms with van der Waals surface area (Å²) >= 11 is 1.29. The van der Waals surface area contributed by atoms with Crippen LogP contribution >= 0.6 is 11.8 Å². The van der Waals surface area contributed by atoms with Crippen molar-refractivity contribution in [2.75, 3.05) is 5.75 Å². The van der Waals surface area contributed by atoms with Gasteiger partial charge in [-0.25, -0.2) is 9.37 Å². The van der Waals surface area contributed by atoms with Crippen molar-refractivity contribution in [1.82, 2.24) is 14.9 Å². The van der Waals surface area contributed by atoms with Crippen LogP contribution in [0.3, 0.4) is 0 Å². The van der Waals surface area contributed by atoms with E-state index < -0.39 is 0 Å². The van der Waals surface area contributed by atoms with Gasteiger partial charge in [-0.15, -0.1) is 0 Å². The molecule has 0 radical (unpaired) electrons. The highest BCUT2D eigenvalue weighted by molar-refractivity contribution is 7.99. The SMILES string of the molecule is Cc1ccc(CNC(=O)CSc2ncc(CO)n2C)cc1F. The zero-order valence-electron chi connectivity index (χ0n) is 12.5. The first-order valence-electron chi connectivity index (χ1n) is 6.77. The number of hydrogen-bond donors (Lipinski definition) is 2.